The number of nitrogens with zero attached hydrogens (tertiary/aromatic N) is 5. The van der Waals surface area contributed by atoms with Gasteiger partial charge in [-0.05, 0) is 69.5 Å². The van der Waals surface area contributed by atoms with Gasteiger partial charge >= 0.3 is 18.1 Å². The molecule has 37 heavy (non-hydrogen) atoms. The number of piperidine rings is 1. The van der Waals surface area contributed by atoms with Gasteiger partial charge in [0.1, 0.15) is 5.82 Å². The van der Waals surface area contributed by atoms with E-state index in [0.29, 0.717) is 18.8 Å². The maximum Gasteiger partial charge on any atom is 0.470 e. The van der Waals surface area contributed by atoms with Crippen LogP contribution in [0, 0.1) is 5.82 Å². The van der Waals surface area contributed by atoms with Crippen LogP contribution in [0.25, 0.3) is 11.5 Å². The van der Waals surface area contributed by atoms with Crippen molar-refractivity contribution < 1.29 is 26.8 Å². The Morgan fingerprint density at radius 3 is 2.19 bits per heavy atom. The molecule has 2 aromatic carbocycles. The highest BCUT2D eigenvalue weighted by Crippen LogP contribution is 2.31. The minimum absolute atomic E-state index is 0.0155. The van der Waals surface area contributed by atoms with E-state index < -0.39 is 23.8 Å². The molecule has 4 rings (SSSR count). The first-order chi connectivity index (χ1) is 17.7. The van der Waals surface area contributed by atoms with Crippen molar-refractivity contribution in [2.75, 3.05) is 36.0 Å². The number of carbonyl (C=O) groups excluding carboxylic acids is 1. The maximum atomic E-state index is 15.1. The van der Waals surface area contributed by atoms with Crippen LogP contribution in [0.4, 0.5) is 33.7 Å². The number of likely N-dealkylation sites (tertiary alicyclic amines) is 1. The summed E-state index contributed by atoms with van der Waals surface area (Å²) < 4.78 is 58.2. The summed E-state index contributed by atoms with van der Waals surface area (Å²) in [4.78, 5) is 19.0. The Morgan fingerprint density at radius 2 is 1.62 bits per heavy atom. The van der Waals surface area contributed by atoms with E-state index in [1.54, 1.807) is 4.90 Å². The van der Waals surface area contributed by atoms with Crippen LogP contribution in [0.3, 0.4) is 0 Å². The van der Waals surface area contributed by atoms with E-state index in [2.05, 4.69) is 33.4 Å². The van der Waals surface area contributed by atoms with Gasteiger partial charge in [0, 0.05) is 48.7 Å². The van der Waals surface area contributed by atoms with Crippen LogP contribution >= 0.6 is 0 Å². The van der Waals surface area contributed by atoms with E-state index in [9.17, 15) is 18.0 Å². The topological polar surface area (TPSA) is 65.7 Å². The number of alkyl halides is 3. The number of benzene rings is 2. The van der Waals surface area contributed by atoms with Gasteiger partial charge in [-0.25, -0.2) is 9.18 Å². The normalized spacial score (nSPS) is 14.1. The Morgan fingerprint density at radius 1 is 0.973 bits per heavy atom. The highest BCUT2D eigenvalue weighted by Gasteiger charge is 2.38. The molecule has 1 aromatic heterocycles. The molecule has 0 atom stereocenters. The number of hydrogen-bond donors (Lipinski definition) is 0. The molecule has 11 heteroatoms. The molecule has 3 aromatic rings. The first kappa shape index (κ1) is 26.4. The molecule has 2 heterocycles. The third kappa shape index (κ3) is 6.03. The quantitative estimate of drug-likeness (QED) is 0.340. The summed E-state index contributed by atoms with van der Waals surface area (Å²) in [5.74, 6) is -2.63. The molecule has 1 fully saturated rings. The first-order valence-electron chi connectivity index (χ1n) is 12.3. The molecule has 0 aliphatic carbocycles. The second-order valence-electron chi connectivity index (χ2n) is 8.82. The van der Waals surface area contributed by atoms with Gasteiger partial charge in [0.15, 0.2) is 0 Å². The van der Waals surface area contributed by atoms with Crippen LogP contribution in [0.15, 0.2) is 46.9 Å². The van der Waals surface area contributed by atoms with Gasteiger partial charge < -0.3 is 14.2 Å². The number of urea groups is 1. The van der Waals surface area contributed by atoms with Gasteiger partial charge in [0.2, 0.25) is 5.89 Å². The van der Waals surface area contributed by atoms with E-state index in [-0.39, 0.29) is 23.7 Å². The van der Waals surface area contributed by atoms with Crippen molar-refractivity contribution in [1.82, 2.24) is 15.1 Å². The zero-order valence-electron chi connectivity index (χ0n) is 20.8. The average molecular weight is 520 g/mol. The van der Waals surface area contributed by atoms with Crippen LogP contribution in [-0.4, -0.2) is 47.3 Å². The summed E-state index contributed by atoms with van der Waals surface area (Å²) in [6.07, 6.45) is -1.91. The van der Waals surface area contributed by atoms with Crippen molar-refractivity contribution in [3.8, 4) is 11.5 Å². The Kier molecular flexibility index (Phi) is 7.99. The van der Waals surface area contributed by atoms with Gasteiger partial charge in [-0.3, -0.25) is 4.90 Å². The summed E-state index contributed by atoms with van der Waals surface area (Å²) in [6.45, 7) is 7.02. The molecule has 0 N–H and O–H groups in total. The Hall–Kier alpha value is -3.63. The highest BCUT2D eigenvalue weighted by atomic mass is 19.4. The van der Waals surface area contributed by atoms with E-state index >= 15 is 4.39 Å². The monoisotopic (exact) mass is 519 g/mol. The third-order valence-electron chi connectivity index (χ3n) is 6.44. The van der Waals surface area contributed by atoms with Gasteiger partial charge in [0.25, 0.3) is 0 Å². The third-order valence-corrected chi connectivity index (χ3v) is 6.44. The predicted octanol–water partition coefficient (Wildman–Crippen LogP) is 6.35. The minimum atomic E-state index is -4.79. The number of anilines is 2. The molecule has 0 radical (unpaired) electrons. The van der Waals surface area contributed by atoms with Crippen molar-refractivity contribution in [3.63, 3.8) is 0 Å². The molecule has 1 aliphatic heterocycles. The summed E-state index contributed by atoms with van der Waals surface area (Å²) in [7, 11) is 0. The molecule has 7 nitrogen and oxygen atoms in total. The molecule has 1 saturated heterocycles. The zero-order valence-corrected chi connectivity index (χ0v) is 20.8. The van der Waals surface area contributed by atoms with Gasteiger partial charge in [-0.1, -0.05) is 6.07 Å². The molecular weight excluding hydrogens is 490 g/mol. The van der Waals surface area contributed by atoms with Crippen molar-refractivity contribution in [2.24, 2.45) is 0 Å². The lowest BCUT2D eigenvalue weighted by Crippen LogP contribution is -2.45. The van der Waals surface area contributed by atoms with Crippen LogP contribution in [0.1, 0.15) is 44.6 Å². The number of halogens is 4. The summed E-state index contributed by atoms with van der Waals surface area (Å²) in [5.41, 5.74) is 1.87. The lowest BCUT2D eigenvalue weighted by molar-refractivity contribution is -0.156. The molecule has 2 amide bonds. The number of aromatic nitrogens is 2. The van der Waals surface area contributed by atoms with Gasteiger partial charge in [0.05, 0.1) is 6.54 Å². The van der Waals surface area contributed by atoms with Crippen LogP contribution in [0.5, 0.6) is 0 Å². The number of amides is 2. The van der Waals surface area contributed by atoms with Gasteiger partial charge in [-0.2, -0.15) is 13.2 Å². The minimum Gasteiger partial charge on any atom is -0.413 e. The van der Waals surface area contributed by atoms with Crippen molar-refractivity contribution in [3.05, 3.63) is 59.7 Å². The number of hydrogen-bond acceptors (Lipinski definition) is 5. The molecule has 1 aliphatic rings. The zero-order chi connectivity index (χ0) is 26.6. The number of carbonyl (C=O) groups is 1. The summed E-state index contributed by atoms with van der Waals surface area (Å²) in [5, 5.41) is 6.36. The van der Waals surface area contributed by atoms with E-state index in [1.807, 2.05) is 24.3 Å². The fraction of sp³-hybridized carbons (Fsp3) is 0.423. The maximum absolute atomic E-state index is 15.1. The second-order valence-corrected chi connectivity index (χ2v) is 8.82. The molecule has 0 bridgehead atoms. The molecule has 198 valence electrons. The molecule has 0 saturated carbocycles. The van der Waals surface area contributed by atoms with Crippen molar-refractivity contribution >= 4 is 17.4 Å². The second kappa shape index (κ2) is 11.2. The summed E-state index contributed by atoms with van der Waals surface area (Å²) >= 11 is 0. The largest absolute Gasteiger partial charge is 0.470 e. The van der Waals surface area contributed by atoms with E-state index in [4.69, 9.17) is 0 Å². The predicted molar refractivity (Wildman–Crippen MR) is 132 cm³/mol. The lowest BCUT2D eigenvalue weighted by atomic mass is 10.1. The molecule has 0 unspecified atom stereocenters. The smallest absolute Gasteiger partial charge is 0.413 e. The highest BCUT2D eigenvalue weighted by molar-refractivity contribution is 5.92. The Balaban J connectivity index is 1.61. The van der Waals surface area contributed by atoms with E-state index in [0.717, 1.165) is 44.1 Å². The van der Waals surface area contributed by atoms with Gasteiger partial charge in [-0.15, -0.1) is 10.2 Å². The first-order valence-corrected chi connectivity index (χ1v) is 12.3. The molecule has 0 spiro atoms. The van der Waals surface area contributed by atoms with Crippen LogP contribution < -0.4 is 9.80 Å². The fourth-order valence-electron chi connectivity index (χ4n) is 4.39. The standard InChI is InChI=1S/C26H29F4N5O2/c1-3-33(4-2)20-10-12-21(13-11-20)35(25(36)34-14-6-5-7-15-34)17-19-9-8-18(16-22(19)27)23-31-32-24(37-23)26(28,29)30/h8-13,16H,3-7,14-15,17H2,1-2H3. The average Bonchev–Trinajstić information content (AvgIpc) is 3.41. The Labute approximate surface area is 212 Å². The Bertz CT molecular complexity index is 1200. The van der Waals surface area contributed by atoms with Crippen LogP contribution in [-0.2, 0) is 12.7 Å². The lowest BCUT2D eigenvalue weighted by Gasteiger charge is -2.33. The van der Waals surface area contributed by atoms with Crippen molar-refractivity contribution in [1.29, 1.82) is 0 Å². The SMILES string of the molecule is CCN(CC)c1ccc(N(Cc2ccc(-c3nnc(C(F)(F)F)o3)cc2F)C(=O)N2CCCCC2)cc1. The van der Waals surface area contributed by atoms with Crippen molar-refractivity contribution in [2.45, 2.75) is 45.8 Å². The fourth-order valence-corrected chi connectivity index (χ4v) is 4.39. The summed E-state index contributed by atoms with van der Waals surface area (Å²) in [6, 6.07) is 11.2. The van der Waals surface area contributed by atoms with E-state index in [1.165, 1.54) is 17.0 Å². The number of rotatable bonds is 7. The molecular formula is C26H29F4N5O2. The van der Waals surface area contributed by atoms with Crippen LogP contribution in [0.2, 0.25) is 0 Å².